The summed E-state index contributed by atoms with van der Waals surface area (Å²) in [6.07, 6.45) is 5.75. The lowest BCUT2D eigenvalue weighted by molar-refractivity contribution is 0.506. The number of aromatic nitrogens is 1. The molecule has 0 amide bonds. The average Bonchev–Trinajstić information content (AvgIpc) is 3.34. The Morgan fingerprint density at radius 3 is 2.80 bits per heavy atom. The molecule has 2 aromatic rings. The Kier molecular flexibility index (Phi) is 8.29. The average molecular weight is 476 g/mol. The summed E-state index contributed by atoms with van der Waals surface area (Å²) in [4.78, 5) is 3.34. The first-order valence-electron chi connectivity index (χ1n) is 9.97. The number of thiazole rings is 1. The number of anilines is 2. The minimum Gasteiger partial charge on any atom is -0.384 e. The fourth-order valence-electron chi connectivity index (χ4n) is 3.37. The van der Waals surface area contributed by atoms with Crippen molar-refractivity contribution >= 4 is 43.8 Å². The first-order chi connectivity index (χ1) is 14.3. The third-order valence-corrected chi connectivity index (χ3v) is 7.40. The van der Waals surface area contributed by atoms with Crippen LogP contribution in [0.25, 0.3) is 0 Å². The van der Waals surface area contributed by atoms with Gasteiger partial charge in [-0.3, -0.25) is 4.72 Å². The molecule has 1 aliphatic heterocycles. The molecule has 11 heteroatoms. The van der Waals surface area contributed by atoms with Crippen molar-refractivity contribution in [3.05, 3.63) is 34.5 Å². The van der Waals surface area contributed by atoms with E-state index >= 15 is 0 Å². The summed E-state index contributed by atoms with van der Waals surface area (Å²) >= 11 is 7.29. The van der Waals surface area contributed by atoms with E-state index in [9.17, 15) is 12.8 Å². The van der Waals surface area contributed by atoms with Gasteiger partial charge in [-0.05, 0) is 51.3 Å². The monoisotopic (exact) mass is 475 g/mol. The van der Waals surface area contributed by atoms with Crippen molar-refractivity contribution in [3.63, 3.8) is 0 Å². The Labute approximate surface area is 185 Å². The van der Waals surface area contributed by atoms with Crippen LogP contribution in [-0.2, 0) is 10.0 Å². The fourth-order valence-corrected chi connectivity index (χ4v) is 5.54. The molecule has 1 aliphatic rings. The van der Waals surface area contributed by atoms with Crippen LogP contribution in [0, 0.1) is 5.82 Å². The van der Waals surface area contributed by atoms with Crippen LogP contribution in [0.3, 0.4) is 0 Å². The van der Waals surface area contributed by atoms with Crippen LogP contribution < -0.4 is 20.7 Å². The highest BCUT2D eigenvalue weighted by molar-refractivity contribution is 7.93. The van der Waals surface area contributed by atoms with E-state index in [0.717, 1.165) is 49.4 Å². The van der Waals surface area contributed by atoms with Crippen LogP contribution in [0.4, 0.5) is 15.2 Å². The van der Waals surface area contributed by atoms with Gasteiger partial charge in [-0.2, -0.15) is 0 Å². The molecule has 2 heterocycles. The fraction of sp³-hybridized carbons (Fsp3) is 0.526. The van der Waals surface area contributed by atoms with Crippen LogP contribution in [0.5, 0.6) is 0 Å². The zero-order chi connectivity index (χ0) is 21.6. The van der Waals surface area contributed by atoms with Gasteiger partial charge in [0.2, 0.25) is 0 Å². The van der Waals surface area contributed by atoms with E-state index in [4.69, 9.17) is 11.6 Å². The molecule has 3 rings (SSSR count). The highest BCUT2D eigenvalue weighted by atomic mass is 35.5. The Morgan fingerprint density at radius 2 is 2.10 bits per heavy atom. The third kappa shape index (κ3) is 6.52. The molecule has 0 saturated carbocycles. The summed E-state index contributed by atoms with van der Waals surface area (Å²) in [5.74, 6) is -0.870. The number of nitrogens with one attached hydrogen (secondary N) is 4. The molecule has 4 N–H and O–H groups in total. The van der Waals surface area contributed by atoms with Gasteiger partial charge in [0.15, 0.2) is 5.13 Å². The SMILES string of the molecule is C[C@H]1CC[C@@H](CNCCCCNc2cc(F)c(S(=O)(=O)Nc3nccs3)cc2Cl)N1. The maximum absolute atomic E-state index is 14.5. The Bertz CT molecular complexity index is 927. The van der Waals surface area contributed by atoms with E-state index in [2.05, 4.69) is 32.6 Å². The third-order valence-electron chi connectivity index (χ3n) is 4.92. The summed E-state index contributed by atoms with van der Waals surface area (Å²) in [5.41, 5.74) is 0.375. The number of hydrogen-bond donors (Lipinski definition) is 4. The number of rotatable bonds is 11. The van der Waals surface area contributed by atoms with E-state index in [0.29, 0.717) is 24.3 Å². The van der Waals surface area contributed by atoms with Gasteiger partial charge in [-0.25, -0.2) is 17.8 Å². The molecule has 1 aromatic heterocycles. The van der Waals surface area contributed by atoms with Crippen molar-refractivity contribution in [2.45, 2.75) is 49.6 Å². The van der Waals surface area contributed by atoms with Crippen LogP contribution >= 0.6 is 22.9 Å². The normalized spacial score (nSPS) is 19.2. The largest absolute Gasteiger partial charge is 0.384 e. The molecular weight excluding hydrogens is 449 g/mol. The minimum absolute atomic E-state index is 0.149. The van der Waals surface area contributed by atoms with Crippen molar-refractivity contribution in [1.29, 1.82) is 0 Å². The van der Waals surface area contributed by atoms with Crippen LogP contribution in [-0.4, -0.2) is 45.1 Å². The zero-order valence-corrected chi connectivity index (χ0v) is 19.1. The zero-order valence-electron chi connectivity index (χ0n) is 16.7. The topological polar surface area (TPSA) is 95.1 Å². The molecule has 0 aliphatic carbocycles. The molecule has 166 valence electrons. The van der Waals surface area contributed by atoms with Crippen molar-refractivity contribution in [3.8, 4) is 0 Å². The second kappa shape index (κ2) is 10.7. The smallest absolute Gasteiger partial charge is 0.266 e. The van der Waals surface area contributed by atoms with Crippen molar-refractivity contribution in [2.24, 2.45) is 0 Å². The number of hydrogen-bond acceptors (Lipinski definition) is 7. The van der Waals surface area contributed by atoms with Crippen LogP contribution in [0.15, 0.2) is 28.6 Å². The van der Waals surface area contributed by atoms with Crippen LogP contribution in [0.2, 0.25) is 5.02 Å². The Balaban J connectivity index is 1.44. The highest BCUT2D eigenvalue weighted by Gasteiger charge is 2.22. The second-order valence-electron chi connectivity index (χ2n) is 7.39. The lowest BCUT2D eigenvalue weighted by Crippen LogP contribution is -2.36. The van der Waals surface area contributed by atoms with E-state index in [1.165, 1.54) is 19.0 Å². The molecule has 0 bridgehead atoms. The van der Waals surface area contributed by atoms with Gasteiger partial charge in [0.1, 0.15) is 10.7 Å². The number of benzene rings is 1. The van der Waals surface area contributed by atoms with Gasteiger partial charge >= 0.3 is 0 Å². The summed E-state index contributed by atoms with van der Waals surface area (Å²) in [6, 6.07) is 3.39. The van der Waals surface area contributed by atoms with Gasteiger partial charge in [0, 0.05) is 36.8 Å². The highest BCUT2D eigenvalue weighted by Crippen LogP contribution is 2.29. The molecular formula is C19H27ClFN5O2S2. The van der Waals surface area contributed by atoms with Crippen LogP contribution in [0.1, 0.15) is 32.6 Å². The van der Waals surface area contributed by atoms with Gasteiger partial charge in [0.05, 0.1) is 10.7 Å². The maximum atomic E-state index is 14.5. The second-order valence-corrected chi connectivity index (χ2v) is 10.3. The first-order valence-corrected chi connectivity index (χ1v) is 12.7. The quantitative estimate of drug-likeness (QED) is 0.370. The Morgan fingerprint density at radius 1 is 1.30 bits per heavy atom. The summed E-state index contributed by atoms with van der Waals surface area (Å²) in [5, 5.41) is 12.0. The van der Waals surface area contributed by atoms with Gasteiger partial charge in [-0.15, -0.1) is 11.3 Å². The van der Waals surface area contributed by atoms with Gasteiger partial charge < -0.3 is 16.0 Å². The molecule has 1 aromatic carbocycles. The molecule has 0 radical (unpaired) electrons. The van der Waals surface area contributed by atoms with Gasteiger partial charge in [-0.1, -0.05) is 11.6 Å². The van der Waals surface area contributed by atoms with Crippen molar-refractivity contribution in [1.82, 2.24) is 15.6 Å². The van der Waals surface area contributed by atoms with E-state index in [1.54, 1.807) is 5.38 Å². The first kappa shape index (κ1) is 23.2. The predicted octanol–water partition coefficient (Wildman–Crippen LogP) is 3.66. The standard InChI is InChI=1S/C19H27ClFN5O2S2/c1-13-4-5-14(25-13)12-22-6-2-3-7-23-17-11-16(21)18(10-15(17)20)30(27,28)26-19-24-8-9-29-19/h8-11,13-14,22-23,25H,2-7,12H2,1H3,(H,24,26)/t13-,14-/m0/s1. The number of nitrogens with zero attached hydrogens (tertiary/aromatic N) is 1. The van der Waals surface area contributed by atoms with Crippen molar-refractivity contribution in [2.75, 3.05) is 29.7 Å². The molecule has 30 heavy (non-hydrogen) atoms. The molecule has 2 atom stereocenters. The molecule has 0 spiro atoms. The summed E-state index contributed by atoms with van der Waals surface area (Å²) in [6.45, 7) is 4.71. The van der Waals surface area contributed by atoms with Gasteiger partial charge in [0.25, 0.3) is 10.0 Å². The minimum atomic E-state index is -4.10. The summed E-state index contributed by atoms with van der Waals surface area (Å²) in [7, 11) is -4.10. The molecule has 1 fully saturated rings. The number of sulfonamides is 1. The predicted molar refractivity (Wildman–Crippen MR) is 121 cm³/mol. The van der Waals surface area contributed by atoms with E-state index < -0.39 is 20.7 Å². The molecule has 0 unspecified atom stereocenters. The lowest BCUT2D eigenvalue weighted by Gasteiger charge is -2.13. The van der Waals surface area contributed by atoms with E-state index in [1.807, 2.05) is 0 Å². The number of halogens is 2. The maximum Gasteiger partial charge on any atom is 0.266 e. The Hall–Kier alpha value is -1.46. The summed E-state index contributed by atoms with van der Waals surface area (Å²) < 4.78 is 41.5. The van der Waals surface area contributed by atoms with Crippen molar-refractivity contribution < 1.29 is 12.8 Å². The van der Waals surface area contributed by atoms with E-state index in [-0.39, 0.29) is 10.2 Å². The lowest BCUT2D eigenvalue weighted by atomic mass is 10.2. The number of unbranched alkanes of at least 4 members (excludes halogenated alkanes) is 1. The molecule has 7 nitrogen and oxygen atoms in total. The molecule has 1 saturated heterocycles.